The van der Waals surface area contributed by atoms with Crippen LogP contribution in [0.1, 0.15) is 11.3 Å². The number of halogens is 1. The average Bonchev–Trinajstić information content (AvgIpc) is 3.27. The van der Waals surface area contributed by atoms with Gasteiger partial charge in [0.25, 0.3) is 0 Å². The first-order chi connectivity index (χ1) is 15.4. The third kappa shape index (κ3) is 5.15. The van der Waals surface area contributed by atoms with Crippen molar-refractivity contribution < 1.29 is 22.0 Å². The molecule has 2 aromatic carbocycles. The number of hydrogen-bond acceptors (Lipinski definition) is 4. The maximum atomic E-state index is 13.9. The summed E-state index contributed by atoms with van der Waals surface area (Å²) in [4.78, 5) is 14.1. The number of amides is 1. The minimum Gasteiger partial charge on any atom is -0.457 e. The molecule has 8 heteroatoms. The van der Waals surface area contributed by atoms with Crippen LogP contribution < -0.4 is 0 Å². The Labute approximate surface area is 186 Å². The maximum Gasteiger partial charge on any atom is 0.246 e. The summed E-state index contributed by atoms with van der Waals surface area (Å²) in [5.41, 5.74) is 1.09. The zero-order valence-corrected chi connectivity index (χ0v) is 18.2. The summed E-state index contributed by atoms with van der Waals surface area (Å²) in [6, 6.07) is 18.7. The lowest BCUT2D eigenvalue weighted by molar-refractivity contribution is -0.127. The Balaban J connectivity index is 1.33. The van der Waals surface area contributed by atoms with Crippen LogP contribution in [0.25, 0.3) is 17.4 Å². The van der Waals surface area contributed by atoms with Gasteiger partial charge in [-0.15, -0.1) is 0 Å². The SMILES string of the molecule is O=C(/C=C/c1ccc(-c2ccccc2F)o1)N1CCN(S(=O)(=O)Cc2ccccc2)CC1. The standard InChI is InChI=1S/C24H23FN2O4S/c25-22-9-5-4-8-21(22)23-12-10-20(31-23)11-13-24(28)26-14-16-27(17-15-26)32(29,30)18-19-6-2-1-3-7-19/h1-13H,14-18H2/b13-11+. The van der Waals surface area contributed by atoms with Gasteiger partial charge >= 0.3 is 0 Å². The molecular formula is C24H23FN2O4S. The van der Waals surface area contributed by atoms with Crippen molar-refractivity contribution in [2.24, 2.45) is 0 Å². The molecule has 1 aliphatic rings. The van der Waals surface area contributed by atoms with E-state index in [-0.39, 0.29) is 30.6 Å². The summed E-state index contributed by atoms with van der Waals surface area (Å²) in [5.74, 6) is 0.153. The van der Waals surface area contributed by atoms with Crippen LogP contribution in [0, 0.1) is 5.82 Å². The van der Waals surface area contributed by atoms with E-state index >= 15 is 0 Å². The minimum absolute atomic E-state index is 0.0511. The van der Waals surface area contributed by atoms with Crippen molar-refractivity contribution in [3.63, 3.8) is 0 Å². The molecule has 6 nitrogen and oxygen atoms in total. The number of carbonyl (C=O) groups is 1. The summed E-state index contributed by atoms with van der Waals surface area (Å²) < 4.78 is 46.3. The van der Waals surface area contributed by atoms with Crippen molar-refractivity contribution in [2.75, 3.05) is 26.2 Å². The van der Waals surface area contributed by atoms with Gasteiger partial charge in [-0.1, -0.05) is 42.5 Å². The topological polar surface area (TPSA) is 70.8 Å². The molecule has 0 atom stereocenters. The van der Waals surface area contributed by atoms with Crippen molar-refractivity contribution in [1.82, 2.24) is 9.21 Å². The zero-order valence-electron chi connectivity index (χ0n) is 17.4. The molecule has 1 aliphatic heterocycles. The van der Waals surface area contributed by atoms with E-state index in [0.29, 0.717) is 30.2 Å². The Morgan fingerprint density at radius 1 is 0.938 bits per heavy atom. The summed E-state index contributed by atoms with van der Waals surface area (Å²) in [5, 5.41) is 0. The van der Waals surface area contributed by atoms with Crippen LogP contribution in [0.3, 0.4) is 0 Å². The number of piperazine rings is 1. The molecule has 2 heterocycles. The van der Waals surface area contributed by atoms with E-state index in [1.165, 1.54) is 22.5 Å². The van der Waals surface area contributed by atoms with E-state index in [1.807, 2.05) is 18.2 Å². The van der Waals surface area contributed by atoms with E-state index in [0.717, 1.165) is 5.56 Å². The molecular weight excluding hydrogens is 431 g/mol. The van der Waals surface area contributed by atoms with Gasteiger partial charge in [0.15, 0.2) is 0 Å². The van der Waals surface area contributed by atoms with Crippen LogP contribution in [0.2, 0.25) is 0 Å². The lowest BCUT2D eigenvalue weighted by atomic mass is 10.1. The van der Waals surface area contributed by atoms with Crippen molar-refractivity contribution in [1.29, 1.82) is 0 Å². The highest BCUT2D eigenvalue weighted by atomic mass is 32.2. The van der Waals surface area contributed by atoms with Crippen LogP contribution in [0.4, 0.5) is 4.39 Å². The van der Waals surface area contributed by atoms with Crippen molar-refractivity contribution in [3.8, 4) is 11.3 Å². The smallest absolute Gasteiger partial charge is 0.246 e. The van der Waals surface area contributed by atoms with Crippen molar-refractivity contribution >= 4 is 22.0 Å². The van der Waals surface area contributed by atoms with Gasteiger partial charge < -0.3 is 9.32 Å². The van der Waals surface area contributed by atoms with E-state index in [4.69, 9.17) is 4.42 Å². The van der Waals surface area contributed by atoms with Crippen molar-refractivity contribution in [2.45, 2.75) is 5.75 Å². The van der Waals surface area contributed by atoms with Gasteiger partial charge in [0.1, 0.15) is 17.3 Å². The third-order valence-electron chi connectivity index (χ3n) is 5.29. The highest BCUT2D eigenvalue weighted by molar-refractivity contribution is 7.88. The third-order valence-corrected chi connectivity index (χ3v) is 7.14. The van der Waals surface area contributed by atoms with Crippen LogP contribution in [0.5, 0.6) is 0 Å². The number of carbonyl (C=O) groups excluding carboxylic acids is 1. The fourth-order valence-electron chi connectivity index (χ4n) is 3.57. The summed E-state index contributed by atoms with van der Waals surface area (Å²) in [7, 11) is -3.44. The predicted molar refractivity (Wildman–Crippen MR) is 120 cm³/mol. The largest absolute Gasteiger partial charge is 0.457 e. The average molecular weight is 455 g/mol. The monoisotopic (exact) mass is 454 g/mol. The lowest BCUT2D eigenvalue weighted by Crippen LogP contribution is -2.50. The fourth-order valence-corrected chi connectivity index (χ4v) is 5.09. The van der Waals surface area contributed by atoms with E-state index in [1.54, 1.807) is 47.4 Å². The number of nitrogens with zero attached hydrogens (tertiary/aromatic N) is 2. The van der Waals surface area contributed by atoms with E-state index < -0.39 is 10.0 Å². The van der Waals surface area contributed by atoms with Gasteiger partial charge in [-0.3, -0.25) is 4.79 Å². The quantitative estimate of drug-likeness (QED) is 0.532. The first kappa shape index (κ1) is 22.0. The lowest BCUT2D eigenvalue weighted by Gasteiger charge is -2.33. The van der Waals surface area contributed by atoms with E-state index in [2.05, 4.69) is 0 Å². The molecule has 1 amide bonds. The normalized spacial score (nSPS) is 15.3. The molecule has 166 valence electrons. The Morgan fingerprint density at radius 2 is 1.62 bits per heavy atom. The van der Waals surface area contributed by atoms with Gasteiger partial charge in [0.2, 0.25) is 15.9 Å². The molecule has 3 aromatic rings. The molecule has 1 fully saturated rings. The maximum absolute atomic E-state index is 13.9. The van der Waals surface area contributed by atoms with Gasteiger partial charge in [0, 0.05) is 32.3 Å². The molecule has 0 radical (unpaired) electrons. The van der Waals surface area contributed by atoms with Gasteiger partial charge in [-0.25, -0.2) is 12.8 Å². The number of furan rings is 1. The van der Waals surface area contributed by atoms with Crippen molar-refractivity contribution in [3.05, 3.63) is 89.9 Å². The molecule has 0 spiro atoms. The number of sulfonamides is 1. The Morgan fingerprint density at radius 3 is 2.34 bits per heavy atom. The Bertz CT molecular complexity index is 1210. The number of rotatable bonds is 6. The molecule has 4 rings (SSSR count). The van der Waals surface area contributed by atoms with Crippen LogP contribution >= 0.6 is 0 Å². The predicted octanol–water partition coefficient (Wildman–Crippen LogP) is 3.77. The second-order valence-corrected chi connectivity index (χ2v) is 9.45. The molecule has 0 bridgehead atoms. The Kier molecular flexibility index (Phi) is 6.53. The Hall–Kier alpha value is -3.23. The van der Waals surface area contributed by atoms with Gasteiger partial charge in [-0.2, -0.15) is 4.31 Å². The second-order valence-electron chi connectivity index (χ2n) is 7.48. The highest BCUT2D eigenvalue weighted by Gasteiger charge is 2.28. The molecule has 0 saturated carbocycles. The molecule has 0 unspecified atom stereocenters. The minimum atomic E-state index is -3.44. The fraction of sp³-hybridized carbons (Fsp3) is 0.208. The molecule has 0 N–H and O–H groups in total. The second kappa shape index (κ2) is 9.50. The highest BCUT2D eigenvalue weighted by Crippen LogP contribution is 2.25. The van der Waals surface area contributed by atoms with Crippen LogP contribution in [-0.2, 0) is 20.6 Å². The first-order valence-corrected chi connectivity index (χ1v) is 11.9. The number of hydrogen-bond donors (Lipinski definition) is 0. The molecule has 1 saturated heterocycles. The number of benzene rings is 2. The molecule has 1 aromatic heterocycles. The molecule has 0 aliphatic carbocycles. The first-order valence-electron chi connectivity index (χ1n) is 10.3. The summed E-state index contributed by atoms with van der Waals surface area (Å²) >= 11 is 0. The van der Waals surface area contributed by atoms with Gasteiger partial charge in [-0.05, 0) is 35.9 Å². The van der Waals surface area contributed by atoms with E-state index in [9.17, 15) is 17.6 Å². The summed E-state index contributed by atoms with van der Waals surface area (Å²) in [6.45, 7) is 1.14. The zero-order chi connectivity index (χ0) is 22.6. The molecule has 32 heavy (non-hydrogen) atoms. The van der Waals surface area contributed by atoms with Crippen LogP contribution in [-0.4, -0.2) is 49.7 Å². The summed E-state index contributed by atoms with van der Waals surface area (Å²) in [6.07, 6.45) is 2.92. The van der Waals surface area contributed by atoms with Gasteiger partial charge in [0.05, 0.1) is 11.3 Å². The van der Waals surface area contributed by atoms with Crippen LogP contribution in [0.15, 0.2) is 77.2 Å².